The van der Waals surface area contributed by atoms with Gasteiger partial charge in [-0.05, 0) is 54.3 Å². The molecule has 0 radical (unpaired) electrons. The van der Waals surface area contributed by atoms with E-state index in [0.29, 0.717) is 19.8 Å². The molecule has 0 spiro atoms. The Kier molecular flexibility index (Phi) is 5.46. The zero-order valence-corrected chi connectivity index (χ0v) is 16.3. The van der Waals surface area contributed by atoms with E-state index < -0.39 is 0 Å². The molecule has 7 heteroatoms. The fourth-order valence-electron chi connectivity index (χ4n) is 3.32. The molecule has 2 aliphatic rings. The van der Waals surface area contributed by atoms with E-state index in [-0.39, 0.29) is 23.7 Å². The Morgan fingerprint density at radius 1 is 1.23 bits per heavy atom. The van der Waals surface area contributed by atoms with Crippen molar-refractivity contribution in [1.29, 1.82) is 0 Å². The lowest BCUT2D eigenvalue weighted by Gasteiger charge is -2.22. The molecule has 26 heavy (non-hydrogen) atoms. The highest BCUT2D eigenvalue weighted by Crippen LogP contribution is 2.37. The van der Waals surface area contributed by atoms with Gasteiger partial charge in [-0.1, -0.05) is 6.92 Å². The van der Waals surface area contributed by atoms with E-state index >= 15 is 0 Å². The van der Waals surface area contributed by atoms with Crippen molar-refractivity contribution in [1.82, 2.24) is 4.90 Å². The monoisotopic (exact) mass is 394 g/mol. The highest BCUT2D eigenvalue weighted by Gasteiger charge is 2.35. The number of nitrogens with two attached hydrogens (primary N) is 1. The highest BCUT2D eigenvalue weighted by molar-refractivity contribution is 7.17. The Balaban J connectivity index is 0.00000196. The van der Waals surface area contributed by atoms with E-state index in [9.17, 15) is 4.79 Å². The molecular formula is C19H23ClN2O3S. The number of hydrogen-bond acceptors (Lipinski definition) is 5. The molecule has 0 aliphatic carbocycles. The quantitative estimate of drug-likeness (QED) is 0.866. The second-order valence-electron chi connectivity index (χ2n) is 7.01. The van der Waals surface area contributed by atoms with Gasteiger partial charge in [0.2, 0.25) is 0 Å². The van der Waals surface area contributed by atoms with E-state index in [1.165, 1.54) is 11.3 Å². The van der Waals surface area contributed by atoms with Gasteiger partial charge < -0.3 is 20.1 Å². The van der Waals surface area contributed by atoms with Gasteiger partial charge in [0, 0.05) is 18.0 Å². The SMILES string of the molecule is CC1(CN)CCN(C(=O)c2ccc(-c3ccc4c(c3)OCCO4)s2)C1.Cl. The summed E-state index contributed by atoms with van der Waals surface area (Å²) in [4.78, 5) is 16.5. The van der Waals surface area contributed by atoms with Gasteiger partial charge in [0.15, 0.2) is 11.5 Å². The summed E-state index contributed by atoms with van der Waals surface area (Å²) in [6, 6.07) is 9.84. The van der Waals surface area contributed by atoms with Crippen LogP contribution in [0.1, 0.15) is 23.0 Å². The number of halogens is 1. The lowest BCUT2D eigenvalue weighted by Crippen LogP contribution is -2.34. The summed E-state index contributed by atoms with van der Waals surface area (Å²) in [5.74, 6) is 1.65. The summed E-state index contributed by atoms with van der Waals surface area (Å²) in [6.07, 6.45) is 0.968. The minimum absolute atomic E-state index is 0. The van der Waals surface area contributed by atoms with Crippen LogP contribution in [0.5, 0.6) is 11.5 Å². The van der Waals surface area contributed by atoms with E-state index in [1.54, 1.807) is 0 Å². The fraction of sp³-hybridized carbons (Fsp3) is 0.421. The van der Waals surface area contributed by atoms with Crippen molar-refractivity contribution in [2.24, 2.45) is 11.1 Å². The highest BCUT2D eigenvalue weighted by atomic mass is 35.5. The third-order valence-electron chi connectivity index (χ3n) is 4.98. The normalized spacial score (nSPS) is 21.4. The molecule has 1 amide bonds. The van der Waals surface area contributed by atoms with Gasteiger partial charge in [0.25, 0.3) is 5.91 Å². The lowest BCUT2D eigenvalue weighted by atomic mass is 9.90. The third-order valence-corrected chi connectivity index (χ3v) is 6.10. The van der Waals surface area contributed by atoms with Crippen LogP contribution in [0.25, 0.3) is 10.4 Å². The number of rotatable bonds is 3. The number of thiophene rings is 1. The predicted molar refractivity (Wildman–Crippen MR) is 106 cm³/mol. The van der Waals surface area contributed by atoms with E-state index in [2.05, 4.69) is 6.92 Å². The first-order valence-corrected chi connectivity index (χ1v) is 9.39. The topological polar surface area (TPSA) is 64.8 Å². The number of fused-ring (bicyclic) bond motifs is 1. The average Bonchev–Trinajstić information content (AvgIpc) is 3.28. The molecule has 2 N–H and O–H groups in total. The molecule has 2 aliphatic heterocycles. The van der Waals surface area contributed by atoms with Crippen molar-refractivity contribution in [3.8, 4) is 21.9 Å². The maximum atomic E-state index is 12.8. The molecule has 1 aromatic heterocycles. The second kappa shape index (κ2) is 7.47. The fourth-order valence-corrected chi connectivity index (χ4v) is 4.29. The number of carbonyl (C=O) groups is 1. The van der Waals surface area contributed by atoms with Gasteiger partial charge in [0.05, 0.1) is 4.88 Å². The van der Waals surface area contributed by atoms with E-state index in [4.69, 9.17) is 15.2 Å². The molecule has 0 bridgehead atoms. The van der Waals surface area contributed by atoms with Crippen molar-refractivity contribution in [2.75, 3.05) is 32.8 Å². The molecule has 140 valence electrons. The maximum Gasteiger partial charge on any atom is 0.263 e. The minimum atomic E-state index is 0. The number of likely N-dealkylation sites (tertiary alicyclic amines) is 1. The van der Waals surface area contributed by atoms with Crippen molar-refractivity contribution in [3.05, 3.63) is 35.2 Å². The van der Waals surface area contributed by atoms with Gasteiger partial charge in [-0.15, -0.1) is 23.7 Å². The zero-order valence-electron chi connectivity index (χ0n) is 14.7. The maximum absolute atomic E-state index is 12.8. The van der Waals surface area contributed by atoms with Gasteiger partial charge in [-0.2, -0.15) is 0 Å². The molecule has 1 aromatic carbocycles. The Hall–Kier alpha value is -1.76. The molecule has 1 saturated heterocycles. The van der Waals surface area contributed by atoms with E-state index in [0.717, 1.165) is 46.3 Å². The van der Waals surface area contributed by atoms with Gasteiger partial charge in [-0.25, -0.2) is 0 Å². The number of ether oxygens (including phenoxy) is 2. The Bertz CT molecular complexity index is 810. The molecule has 1 fully saturated rings. The number of nitrogens with zero attached hydrogens (tertiary/aromatic N) is 1. The van der Waals surface area contributed by atoms with Crippen LogP contribution >= 0.6 is 23.7 Å². The van der Waals surface area contributed by atoms with Crippen molar-refractivity contribution in [2.45, 2.75) is 13.3 Å². The largest absolute Gasteiger partial charge is 0.486 e. The predicted octanol–water partition coefficient (Wildman–Crippen LogP) is 3.42. The lowest BCUT2D eigenvalue weighted by molar-refractivity contribution is 0.0781. The Morgan fingerprint density at radius 2 is 2.00 bits per heavy atom. The Labute approximate surface area is 163 Å². The Morgan fingerprint density at radius 3 is 2.73 bits per heavy atom. The summed E-state index contributed by atoms with van der Waals surface area (Å²) in [6.45, 7) is 5.43. The third kappa shape index (κ3) is 3.54. The summed E-state index contributed by atoms with van der Waals surface area (Å²) in [7, 11) is 0. The molecule has 2 aromatic rings. The molecule has 0 saturated carbocycles. The summed E-state index contributed by atoms with van der Waals surface area (Å²) < 4.78 is 11.2. The van der Waals surface area contributed by atoms with Gasteiger partial charge >= 0.3 is 0 Å². The first-order chi connectivity index (χ1) is 12.1. The van der Waals surface area contributed by atoms with Crippen molar-refractivity contribution < 1.29 is 14.3 Å². The second-order valence-corrected chi connectivity index (χ2v) is 8.10. The van der Waals surface area contributed by atoms with Crippen molar-refractivity contribution in [3.63, 3.8) is 0 Å². The van der Waals surface area contributed by atoms with Gasteiger partial charge in [-0.3, -0.25) is 4.79 Å². The van der Waals surface area contributed by atoms with Gasteiger partial charge in [0.1, 0.15) is 13.2 Å². The number of hydrogen-bond donors (Lipinski definition) is 1. The van der Waals surface area contributed by atoms with Crippen LogP contribution in [0.3, 0.4) is 0 Å². The smallest absolute Gasteiger partial charge is 0.263 e. The minimum Gasteiger partial charge on any atom is -0.486 e. The van der Waals surface area contributed by atoms with E-state index in [1.807, 2.05) is 35.2 Å². The molecular weight excluding hydrogens is 372 g/mol. The number of carbonyl (C=O) groups excluding carboxylic acids is 1. The van der Waals surface area contributed by atoms with Crippen LogP contribution in [0, 0.1) is 5.41 Å². The van der Waals surface area contributed by atoms with Crippen LogP contribution < -0.4 is 15.2 Å². The van der Waals surface area contributed by atoms with Crippen LogP contribution in [0.4, 0.5) is 0 Å². The first kappa shape index (κ1) is 19.0. The molecule has 3 heterocycles. The summed E-state index contributed by atoms with van der Waals surface area (Å²) >= 11 is 1.52. The molecule has 4 rings (SSSR count). The number of amides is 1. The average molecular weight is 395 g/mol. The van der Waals surface area contributed by atoms with Crippen molar-refractivity contribution >= 4 is 29.7 Å². The summed E-state index contributed by atoms with van der Waals surface area (Å²) in [5.41, 5.74) is 6.94. The zero-order chi connectivity index (χ0) is 17.4. The van der Waals surface area contributed by atoms with Crippen LogP contribution in [0.2, 0.25) is 0 Å². The first-order valence-electron chi connectivity index (χ1n) is 8.57. The van der Waals surface area contributed by atoms with Crippen LogP contribution in [0.15, 0.2) is 30.3 Å². The van der Waals surface area contributed by atoms with Crippen LogP contribution in [-0.2, 0) is 0 Å². The summed E-state index contributed by atoms with van der Waals surface area (Å²) in [5, 5.41) is 0. The van der Waals surface area contributed by atoms with Crippen LogP contribution in [-0.4, -0.2) is 43.7 Å². The standard InChI is InChI=1S/C19H22N2O3S.ClH/c1-19(11-20)6-7-21(12-19)18(22)17-5-4-16(25-17)13-2-3-14-15(10-13)24-9-8-23-14;/h2-5,10H,6-9,11-12,20H2,1H3;1H. The molecule has 5 nitrogen and oxygen atoms in total. The number of benzene rings is 1. The molecule has 1 atom stereocenters. The molecule has 1 unspecified atom stereocenters.